The van der Waals surface area contributed by atoms with Crippen LogP contribution in [0.4, 0.5) is 0 Å². The van der Waals surface area contributed by atoms with Crippen LogP contribution in [-0.4, -0.2) is 11.9 Å². The minimum Gasteiger partial charge on any atom is -0.458 e. The topological polar surface area (TPSA) is 52.6 Å². The average Bonchev–Trinajstić information content (AvgIpc) is 2.31. The molecule has 0 N–H and O–H groups in total. The Morgan fingerprint density at radius 2 is 1.33 bits per heavy atom. The zero-order valence-corrected chi connectivity index (χ0v) is 10.5. The van der Waals surface area contributed by atoms with Crippen molar-refractivity contribution >= 4 is 11.9 Å². The van der Waals surface area contributed by atoms with E-state index in [9.17, 15) is 9.59 Å². The van der Waals surface area contributed by atoms with Crippen molar-refractivity contribution in [3.8, 4) is 0 Å². The first-order chi connectivity index (χ1) is 8.58. The summed E-state index contributed by atoms with van der Waals surface area (Å²) < 4.78 is 10.6. The van der Waals surface area contributed by atoms with E-state index in [1.54, 1.807) is 0 Å². The van der Waals surface area contributed by atoms with E-state index >= 15 is 0 Å². The standard InChI is InChI=1S/C14H16O4/c1-9(15)17-13-7-8-14(18-10(2)16)12-6-4-3-5-11(12)13/h3-6,13-14H,7-8H2,1-2H3. The van der Waals surface area contributed by atoms with Crippen LogP contribution in [0.1, 0.15) is 50.0 Å². The second-order valence-electron chi connectivity index (χ2n) is 4.40. The van der Waals surface area contributed by atoms with Gasteiger partial charge in [0.15, 0.2) is 0 Å². The first kappa shape index (κ1) is 12.6. The van der Waals surface area contributed by atoms with Crippen LogP contribution in [0.2, 0.25) is 0 Å². The molecule has 0 fully saturated rings. The maximum atomic E-state index is 11.1. The van der Waals surface area contributed by atoms with Crippen LogP contribution in [0.15, 0.2) is 24.3 Å². The number of esters is 2. The van der Waals surface area contributed by atoms with E-state index in [2.05, 4.69) is 0 Å². The van der Waals surface area contributed by atoms with E-state index in [0.717, 1.165) is 11.1 Å². The molecule has 0 bridgehead atoms. The van der Waals surface area contributed by atoms with Crippen molar-refractivity contribution in [2.45, 2.75) is 38.9 Å². The van der Waals surface area contributed by atoms with Gasteiger partial charge in [0.05, 0.1) is 0 Å². The molecule has 0 aliphatic heterocycles. The lowest BCUT2D eigenvalue weighted by molar-refractivity contribution is -0.153. The van der Waals surface area contributed by atoms with Crippen LogP contribution in [0, 0.1) is 0 Å². The van der Waals surface area contributed by atoms with Crippen molar-refractivity contribution in [3.05, 3.63) is 35.4 Å². The highest BCUT2D eigenvalue weighted by Crippen LogP contribution is 2.39. The van der Waals surface area contributed by atoms with Gasteiger partial charge in [0.25, 0.3) is 0 Å². The van der Waals surface area contributed by atoms with Gasteiger partial charge in [0.1, 0.15) is 12.2 Å². The van der Waals surface area contributed by atoms with E-state index < -0.39 is 0 Å². The van der Waals surface area contributed by atoms with Crippen molar-refractivity contribution in [1.82, 2.24) is 0 Å². The van der Waals surface area contributed by atoms with Gasteiger partial charge >= 0.3 is 11.9 Å². The summed E-state index contributed by atoms with van der Waals surface area (Å²) in [5.74, 6) is -0.582. The van der Waals surface area contributed by atoms with Crippen molar-refractivity contribution in [1.29, 1.82) is 0 Å². The molecule has 4 heteroatoms. The van der Waals surface area contributed by atoms with E-state index in [4.69, 9.17) is 9.47 Å². The molecular formula is C14H16O4. The summed E-state index contributed by atoms with van der Waals surface area (Å²) in [6.45, 7) is 2.81. The summed E-state index contributed by atoms with van der Waals surface area (Å²) in [5, 5.41) is 0. The highest BCUT2D eigenvalue weighted by Gasteiger charge is 2.30. The zero-order valence-electron chi connectivity index (χ0n) is 10.5. The minimum absolute atomic E-state index is 0.231. The van der Waals surface area contributed by atoms with E-state index in [0.29, 0.717) is 12.8 Å². The second-order valence-corrected chi connectivity index (χ2v) is 4.40. The molecule has 0 saturated heterocycles. The summed E-state index contributed by atoms with van der Waals surface area (Å²) in [7, 11) is 0. The summed E-state index contributed by atoms with van der Waals surface area (Å²) in [5.41, 5.74) is 1.87. The predicted molar refractivity (Wildman–Crippen MR) is 64.7 cm³/mol. The van der Waals surface area contributed by atoms with Crippen molar-refractivity contribution in [2.75, 3.05) is 0 Å². The third kappa shape index (κ3) is 2.70. The van der Waals surface area contributed by atoms with Crippen molar-refractivity contribution in [3.63, 3.8) is 0 Å². The quantitative estimate of drug-likeness (QED) is 0.755. The molecule has 1 aromatic rings. The van der Waals surface area contributed by atoms with Gasteiger partial charge in [-0.25, -0.2) is 0 Å². The van der Waals surface area contributed by atoms with Gasteiger partial charge in [-0.05, 0) is 24.0 Å². The lowest BCUT2D eigenvalue weighted by Gasteiger charge is -2.30. The normalized spacial score (nSPS) is 21.9. The van der Waals surface area contributed by atoms with Crippen LogP contribution in [0.5, 0.6) is 0 Å². The maximum absolute atomic E-state index is 11.1. The summed E-state index contributed by atoms with van der Waals surface area (Å²) >= 11 is 0. The Labute approximate surface area is 106 Å². The lowest BCUT2D eigenvalue weighted by Crippen LogP contribution is -2.21. The number of hydrogen-bond donors (Lipinski definition) is 0. The number of hydrogen-bond acceptors (Lipinski definition) is 4. The van der Waals surface area contributed by atoms with Crippen molar-refractivity contribution in [2.24, 2.45) is 0 Å². The molecule has 1 aliphatic rings. The largest absolute Gasteiger partial charge is 0.458 e. The van der Waals surface area contributed by atoms with Gasteiger partial charge in [-0.15, -0.1) is 0 Å². The molecule has 2 rings (SSSR count). The molecule has 96 valence electrons. The maximum Gasteiger partial charge on any atom is 0.303 e. The van der Waals surface area contributed by atoms with Gasteiger partial charge < -0.3 is 9.47 Å². The smallest absolute Gasteiger partial charge is 0.303 e. The van der Waals surface area contributed by atoms with E-state index in [1.165, 1.54) is 13.8 Å². The van der Waals surface area contributed by atoms with Gasteiger partial charge in [-0.1, -0.05) is 24.3 Å². The molecule has 0 heterocycles. The first-order valence-corrected chi connectivity index (χ1v) is 6.01. The Morgan fingerprint density at radius 3 is 1.67 bits per heavy atom. The Morgan fingerprint density at radius 1 is 0.944 bits per heavy atom. The highest BCUT2D eigenvalue weighted by atomic mass is 16.6. The predicted octanol–water partition coefficient (Wildman–Crippen LogP) is 2.69. The molecule has 1 aromatic carbocycles. The average molecular weight is 248 g/mol. The number of carbonyl (C=O) groups is 2. The Balaban J connectivity index is 2.28. The summed E-state index contributed by atoms with van der Waals surface area (Å²) in [6.07, 6.45) is 0.888. The monoisotopic (exact) mass is 248 g/mol. The number of ether oxygens (including phenoxy) is 2. The van der Waals surface area contributed by atoms with Crippen LogP contribution in [0.25, 0.3) is 0 Å². The van der Waals surface area contributed by atoms with Gasteiger partial charge in [-0.3, -0.25) is 9.59 Å². The third-order valence-corrected chi connectivity index (χ3v) is 3.00. The molecular weight excluding hydrogens is 232 g/mol. The summed E-state index contributed by atoms with van der Waals surface area (Å²) in [6, 6.07) is 7.62. The minimum atomic E-state index is -0.291. The molecule has 18 heavy (non-hydrogen) atoms. The number of fused-ring (bicyclic) bond motifs is 1. The number of rotatable bonds is 2. The molecule has 0 spiro atoms. The lowest BCUT2D eigenvalue weighted by atomic mass is 9.87. The Bertz CT molecular complexity index is 424. The third-order valence-electron chi connectivity index (χ3n) is 3.00. The molecule has 0 aromatic heterocycles. The van der Waals surface area contributed by atoms with Gasteiger partial charge in [0.2, 0.25) is 0 Å². The van der Waals surface area contributed by atoms with Gasteiger partial charge in [-0.2, -0.15) is 0 Å². The highest BCUT2D eigenvalue weighted by molar-refractivity contribution is 5.67. The van der Waals surface area contributed by atoms with Crippen LogP contribution < -0.4 is 0 Å². The summed E-state index contributed by atoms with van der Waals surface area (Å²) in [4.78, 5) is 22.1. The Hall–Kier alpha value is -1.84. The van der Waals surface area contributed by atoms with Crippen LogP contribution in [-0.2, 0) is 19.1 Å². The molecule has 1 aliphatic carbocycles. The van der Waals surface area contributed by atoms with Crippen LogP contribution in [0.3, 0.4) is 0 Å². The molecule has 0 saturated carbocycles. The molecule has 2 unspecified atom stereocenters. The first-order valence-electron chi connectivity index (χ1n) is 6.01. The van der Waals surface area contributed by atoms with E-state index in [-0.39, 0.29) is 24.1 Å². The molecule has 4 nitrogen and oxygen atoms in total. The molecule has 2 atom stereocenters. The Kier molecular flexibility index (Phi) is 3.65. The van der Waals surface area contributed by atoms with Crippen molar-refractivity contribution < 1.29 is 19.1 Å². The van der Waals surface area contributed by atoms with Crippen LogP contribution >= 0.6 is 0 Å². The zero-order chi connectivity index (χ0) is 13.1. The SMILES string of the molecule is CC(=O)OC1CCC(OC(C)=O)c2ccccc21. The molecule has 0 amide bonds. The number of benzene rings is 1. The fourth-order valence-electron chi connectivity index (χ4n) is 2.36. The fourth-order valence-corrected chi connectivity index (χ4v) is 2.36. The van der Waals surface area contributed by atoms with Gasteiger partial charge in [0, 0.05) is 13.8 Å². The molecule has 0 radical (unpaired) electrons. The fraction of sp³-hybridized carbons (Fsp3) is 0.429. The number of carbonyl (C=O) groups excluding carboxylic acids is 2. The second kappa shape index (κ2) is 5.21. The van der Waals surface area contributed by atoms with E-state index in [1.807, 2.05) is 24.3 Å².